The molecule has 0 spiro atoms. The largest absolute Gasteiger partial charge is 0.332 e. The number of piperidine rings is 1. The number of hydrogen-bond acceptors (Lipinski definition) is 3. The number of ketones is 1. The Morgan fingerprint density at radius 2 is 1.86 bits per heavy atom. The van der Waals surface area contributed by atoms with Gasteiger partial charge in [0.05, 0.1) is 13.0 Å². The minimum absolute atomic E-state index is 0.0320. The van der Waals surface area contributed by atoms with E-state index in [1.807, 2.05) is 0 Å². The van der Waals surface area contributed by atoms with Gasteiger partial charge in [-0.15, -0.1) is 0 Å². The van der Waals surface area contributed by atoms with Crippen molar-refractivity contribution >= 4 is 11.7 Å². The molecule has 2 aliphatic rings. The van der Waals surface area contributed by atoms with Crippen LogP contribution in [0.5, 0.6) is 0 Å². The molecular formula is C10H16N2O2. The standard InChI is InChI=1S/C10H16N2O2/c1-11-4-2-8(3-5-11)12-7-9(13)6-10(12)14/h8H,2-7H2,1H3. The third-order valence-electron chi connectivity index (χ3n) is 3.14. The molecule has 4 heteroatoms. The number of Topliss-reactive ketones (excluding diaryl/α,β-unsaturated/α-hetero) is 1. The number of rotatable bonds is 1. The second kappa shape index (κ2) is 3.69. The van der Waals surface area contributed by atoms with Crippen molar-refractivity contribution in [1.82, 2.24) is 9.80 Å². The minimum atomic E-state index is 0.0320. The topological polar surface area (TPSA) is 40.6 Å². The molecular weight excluding hydrogens is 180 g/mol. The Morgan fingerprint density at radius 1 is 1.21 bits per heavy atom. The Hall–Kier alpha value is -0.900. The lowest BCUT2D eigenvalue weighted by Crippen LogP contribution is -2.44. The van der Waals surface area contributed by atoms with Crippen LogP contribution in [-0.4, -0.2) is 54.2 Å². The van der Waals surface area contributed by atoms with Gasteiger partial charge in [-0.05, 0) is 33.0 Å². The third kappa shape index (κ3) is 1.80. The van der Waals surface area contributed by atoms with E-state index in [0.29, 0.717) is 12.6 Å². The minimum Gasteiger partial charge on any atom is -0.332 e. The number of hydrogen-bond donors (Lipinski definition) is 0. The summed E-state index contributed by atoms with van der Waals surface area (Å²) in [4.78, 5) is 26.6. The normalized spacial score (nSPS) is 26.2. The van der Waals surface area contributed by atoms with Gasteiger partial charge in [0.2, 0.25) is 5.91 Å². The van der Waals surface area contributed by atoms with E-state index >= 15 is 0 Å². The van der Waals surface area contributed by atoms with Gasteiger partial charge in [0.15, 0.2) is 5.78 Å². The maximum atomic E-state index is 11.5. The first-order valence-electron chi connectivity index (χ1n) is 5.16. The summed E-state index contributed by atoms with van der Waals surface area (Å²) in [5, 5.41) is 0. The summed E-state index contributed by atoms with van der Waals surface area (Å²) in [6, 6.07) is 0.310. The van der Waals surface area contributed by atoms with Crippen LogP contribution in [0.4, 0.5) is 0 Å². The van der Waals surface area contributed by atoms with Gasteiger partial charge in [0, 0.05) is 6.04 Å². The molecule has 0 saturated carbocycles. The quantitative estimate of drug-likeness (QED) is 0.549. The zero-order valence-electron chi connectivity index (χ0n) is 8.53. The first kappa shape index (κ1) is 9.65. The van der Waals surface area contributed by atoms with Crippen molar-refractivity contribution in [3.63, 3.8) is 0 Å². The van der Waals surface area contributed by atoms with Crippen molar-refractivity contribution in [2.24, 2.45) is 0 Å². The van der Waals surface area contributed by atoms with E-state index < -0.39 is 0 Å². The number of carbonyl (C=O) groups excluding carboxylic acids is 2. The Labute approximate surface area is 83.9 Å². The molecule has 2 aliphatic heterocycles. The summed E-state index contributed by atoms with van der Waals surface area (Å²) < 4.78 is 0. The van der Waals surface area contributed by atoms with Gasteiger partial charge >= 0.3 is 0 Å². The van der Waals surface area contributed by atoms with E-state index in [1.165, 1.54) is 0 Å². The first-order valence-corrected chi connectivity index (χ1v) is 5.16. The molecule has 4 nitrogen and oxygen atoms in total. The molecule has 0 aromatic heterocycles. The van der Waals surface area contributed by atoms with Crippen molar-refractivity contribution in [3.05, 3.63) is 0 Å². The highest BCUT2D eigenvalue weighted by molar-refractivity contribution is 6.05. The molecule has 78 valence electrons. The van der Waals surface area contributed by atoms with Gasteiger partial charge < -0.3 is 9.80 Å². The van der Waals surface area contributed by atoms with Crippen molar-refractivity contribution in [1.29, 1.82) is 0 Å². The molecule has 0 unspecified atom stereocenters. The molecule has 0 radical (unpaired) electrons. The summed E-state index contributed by atoms with van der Waals surface area (Å²) in [5.74, 6) is 0.110. The molecule has 0 N–H and O–H groups in total. The second-order valence-corrected chi connectivity index (χ2v) is 4.27. The average molecular weight is 196 g/mol. The van der Waals surface area contributed by atoms with Gasteiger partial charge in [0.1, 0.15) is 0 Å². The Kier molecular flexibility index (Phi) is 2.54. The van der Waals surface area contributed by atoms with Crippen molar-refractivity contribution in [3.8, 4) is 0 Å². The van der Waals surface area contributed by atoms with Crippen LogP contribution in [0.3, 0.4) is 0 Å². The maximum absolute atomic E-state index is 11.5. The fourth-order valence-electron chi connectivity index (χ4n) is 2.24. The van der Waals surface area contributed by atoms with Gasteiger partial charge in [-0.25, -0.2) is 0 Å². The summed E-state index contributed by atoms with van der Waals surface area (Å²) >= 11 is 0. The summed E-state index contributed by atoms with van der Waals surface area (Å²) in [6.45, 7) is 2.42. The predicted molar refractivity (Wildman–Crippen MR) is 51.9 cm³/mol. The lowest BCUT2D eigenvalue weighted by molar-refractivity contribution is -0.130. The van der Waals surface area contributed by atoms with Crippen LogP contribution in [0.2, 0.25) is 0 Å². The zero-order valence-corrected chi connectivity index (χ0v) is 8.53. The highest BCUT2D eigenvalue weighted by Crippen LogP contribution is 2.19. The van der Waals surface area contributed by atoms with Gasteiger partial charge in [-0.3, -0.25) is 9.59 Å². The van der Waals surface area contributed by atoms with Crippen molar-refractivity contribution in [2.45, 2.75) is 25.3 Å². The first-order chi connectivity index (χ1) is 6.66. The number of nitrogens with zero attached hydrogens (tertiary/aromatic N) is 2. The van der Waals surface area contributed by atoms with Crippen molar-refractivity contribution in [2.75, 3.05) is 26.7 Å². The summed E-state index contributed by atoms with van der Waals surface area (Å²) in [7, 11) is 2.09. The van der Waals surface area contributed by atoms with E-state index in [0.717, 1.165) is 25.9 Å². The van der Waals surface area contributed by atoms with E-state index in [1.54, 1.807) is 4.90 Å². The van der Waals surface area contributed by atoms with Crippen LogP contribution in [0, 0.1) is 0 Å². The lowest BCUT2D eigenvalue weighted by Gasteiger charge is -2.34. The van der Waals surface area contributed by atoms with Gasteiger partial charge in [-0.2, -0.15) is 0 Å². The Bertz CT molecular complexity index is 257. The fourth-order valence-corrected chi connectivity index (χ4v) is 2.24. The summed E-state index contributed by atoms with van der Waals surface area (Å²) in [6.07, 6.45) is 2.15. The molecule has 0 aromatic carbocycles. The Morgan fingerprint density at radius 3 is 2.36 bits per heavy atom. The third-order valence-corrected chi connectivity index (χ3v) is 3.14. The van der Waals surface area contributed by atoms with E-state index in [9.17, 15) is 9.59 Å². The van der Waals surface area contributed by atoms with Crippen LogP contribution in [0.1, 0.15) is 19.3 Å². The van der Waals surface area contributed by atoms with Crippen LogP contribution in [0.25, 0.3) is 0 Å². The van der Waals surface area contributed by atoms with Gasteiger partial charge in [0.25, 0.3) is 0 Å². The van der Waals surface area contributed by atoms with Crippen molar-refractivity contribution < 1.29 is 9.59 Å². The van der Waals surface area contributed by atoms with E-state index in [2.05, 4.69) is 11.9 Å². The zero-order chi connectivity index (χ0) is 10.1. The number of carbonyl (C=O) groups is 2. The fraction of sp³-hybridized carbons (Fsp3) is 0.800. The Balaban J connectivity index is 1.95. The SMILES string of the molecule is CN1CCC(N2CC(=O)CC2=O)CC1. The molecule has 0 atom stereocenters. The monoisotopic (exact) mass is 196 g/mol. The second-order valence-electron chi connectivity index (χ2n) is 4.27. The number of likely N-dealkylation sites (tertiary alicyclic amines) is 2. The molecule has 0 aliphatic carbocycles. The number of amides is 1. The van der Waals surface area contributed by atoms with Crippen LogP contribution < -0.4 is 0 Å². The van der Waals surface area contributed by atoms with E-state index in [4.69, 9.17) is 0 Å². The molecule has 1 amide bonds. The van der Waals surface area contributed by atoms with Crippen LogP contribution in [-0.2, 0) is 9.59 Å². The maximum Gasteiger partial charge on any atom is 0.230 e. The molecule has 14 heavy (non-hydrogen) atoms. The van der Waals surface area contributed by atoms with Crippen LogP contribution >= 0.6 is 0 Å². The smallest absolute Gasteiger partial charge is 0.230 e. The summed E-state index contributed by atoms with van der Waals surface area (Å²) in [5.41, 5.74) is 0. The lowest BCUT2D eigenvalue weighted by atomic mass is 10.0. The molecule has 2 rings (SSSR count). The van der Waals surface area contributed by atoms with Crippen LogP contribution in [0.15, 0.2) is 0 Å². The average Bonchev–Trinajstić information content (AvgIpc) is 2.47. The molecule has 2 heterocycles. The highest BCUT2D eigenvalue weighted by atomic mass is 16.2. The predicted octanol–water partition coefficient (Wildman–Crippen LogP) is -0.118. The van der Waals surface area contributed by atoms with E-state index in [-0.39, 0.29) is 18.1 Å². The molecule has 0 bridgehead atoms. The molecule has 2 saturated heterocycles. The highest BCUT2D eigenvalue weighted by Gasteiger charge is 2.33. The molecule has 2 fully saturated rings. The molecule has 0 aromatic rings. The van der Waals surface area contributed by atoms with Gasteiger partial charge in [-0.1, -0.05) is 0 Å².